The van der Waals surface area contributed by atoms with Gasteiger partial charge in [0.05, 0.1) is 6.61 Å². The van der Waals surface area contributed by atoms with Gasteiger partial charge in [-0.15, -0.1) is 0 Å². The number of β-amino-alcohol motifs (C(OH)–C–C–N with tert-alkyl or cyclic N) is 1. The Morgan fingerprint density at radius 3 is 2.72 bits per heavy atom. The smallest absolute Gasteiger partial charge is 0.138 e. The van der Waals surface area contributed by atoms with Crippen molar-refractivity contribution in [1.29, 1.82) is 0 Å². The maximum Gasteiger partial charge on any atom is 0.138 e. The van der Waals surface area contributed by atoms with Crippen molar-refractivity contribution in [1.82, 2.24) is 4.90 Å². The molecular formula is C13H18BrNO3. The minimum atomic E-state index is -0.439. The van der Waals surface area contributed by atoms with Crippen molar-refractivity contribution in [2.75, 3.05) is 33.4 Å². The van der Waals surface area contributed by atoms with Crippen LogP contribution in [0.1, 0.15) is 0 Å². The first-order chi connectivity index (χ1) is 8.69. The zero-order valence-electron chi connectivity index (χ0n) is 10.4. The van der Waals surface area contributed by atoms with Gasteiger partial charge in [-0.3, -0.25) is 4.90 Å². The third-order valence-corrected chi connectivity index (χ3v) is 3.55. The molecule has 1 fully saturated rings. The molecule has 0 spiro atoms. The van der Waals surface area contributed by atoms with Crippen LogP contribution in [-0.4, -0.2) is 55.6 Å². The first-order valence-electron chi connectivity index (χ1n) is 6.00. The van der Waals surface area contributed by atoms with E-state index < -0.39 is 6.10 Å². The molecule has 2 atom stereocenters. The summed E-state index contributed by atoms with van der Waals surface area (Å²) >= 11 is 3.38. The van der Waals surface area contributed by atoms with Gasteiger partial charge in [-0.1, -0.05) is 15.9 Å². The van der Waals surface area contributed by atoms with Gasteiger partial charge in [-0.05, 0) is 24.3 Å². The lowest BCUT2D eigenvalue weighted by molar-refractivity contribution is 0.0736. The number of halogens is 1. The minimum absolute atomic E-state index is 0.164. The summed E-state index contributed by atoms with van der Waals surface area (Å²) in [7, 11) is 1.68. The zero-order chi connectivity index (χ0) is 13.0. The van der Waals surface area contributed by atoms with E-state index in [2.05, 4.69) is 20.8 Å². The normalized spacial score (nSPS) is 24.4. The van der Waals surface area contributed by atoms with E-state index in [1.54, 1.807) is 7.11 Å². The highest BCUT2D eigenvalue weighted by Gasteiger charge is 2.32. The molecule has 5 heteroatoms. The summed E-state index contributed by atoms with van der Waals surface area (Å²) in [6.07, 6.45) is -0.603. The summed E-state index contributed by atoms with van der Waals surface area (Å²) in [5, 5.41) is 9.96. The summed E-state index contributed by atoms with van der Waals surface area (Å²) in [6, 6.07) is 7.65. The van der Waals surface area contributed by atoms with Crippen molar-refractivity contribution in [3.05, 3.63) is 28.7 Å². The van der Waals surface area contributed by atoms with Crippen molar-refractivity contribution >= 4 is 15.9 Å². The number of likely N-dealkylation sites (tertiary alicyclic amines) is 1. The number of benzene rings is 1. The van der Waals surface area contributed by atoms with Crippen LogP contribution in [0.4, 0.5) is 0 Å². The third kappa shape index (κ3) is 3.68. The standard InChI is InChI=1S/C13H18BrNO3/c1-17-7-6-15-8-12(16)13(9-15)18-11-4-2-10(14)3-5-11/h2-5,12-13,16H,6-9H2,1H3/t12-,13-/m1/s1. The number of rotatable bonds is 5. The highest BCUT2D eigenvalue weighted by molar-refractivity contribution is 9.10. The highest BCUT2D eigenvalue weighted by atomic mass is 79.9. The minimum Gasteiger partial charge on any atom is -0.486 e. The lowest BCUT2D eigenvalue weighted by atomic mass is 10.2. The fourth-order valence-electron chi connectivity index (χ4n) is 2.04. The Bertz CT molecular complexity index is 371. The molecule has 0 saturated carbocycles. The molecule has 1 saturated heterocycles. The van der Waals surface area contributed by atoms with Crippen molar-refractivity contribution in [3.8, 4) is 5.75 Å². The summed E-state index contributed by atoms with van der Waals surface area (Å²) in [6.45, 7) is 2.89. The molecule has 4 nitrogen and oxygen atoms in total. The molecule has 1 N–H and O–H groups in total. The van der Waals surface area contributed by atoms with E-state index in [-0.39, 0.29) is 6.10 Å². The predicted molar refractivity (Wildman–Crippen MR) is 72.9 cm³/mol. The number of ether oxygens (including phenoxy) is 2. The third-order valence-electron chi connectivity index (χ3n) is 3.03. The van der Waals surface area contributed by atoms with Crippen LogP contribution in [-0.2, 0) is 4.74 Å². The van der Waals surface area contributed by atoms with E-state index in [1.165, 1.54) is 0 Å². The molecule has 0 bridgehead atoms. The van der Waals surface area contributed by atoms with Gasteiger partial charge in [-0.2, -0.15) is 0 Å². The molecule has 0 radical (unpaired) electrons. The van der Waals surface area contributed by atoms with E-state index in [0.29, 0.717) is 13.2 Å². The van der Waals surface area contributed by atoms with Crippen LogP contribution < -0.4 is 4.74 Å². The van der Waals surface area contributed by atoms with Crippen LogP contribution in [0.2, 0.25) is 0 Å². The molecule has 0 unspecified atom stereocenters. The van der Waals surface area contributed by atoms with E-state index in [9.17, 15) is 5.11 Å². The molecule has 2 rings (SSSR count). The first kappa shape index (κ1) is 13.8. The van der Waals surface area contributed by atoms with Crippen molar-refractivity contribution in [3.63, 3.8) is 0 Å². The lowest BCUT2D eigenvalue weighted by Gasteiger charge is -2.17. The van der Waals surface area contributed by atoms with Gasteiger partial charge in [0, 0.05) is 31.2 Å². The Balaban J connectivity index is 1.88. The Morgan fingerprint density at radius 2 is 2.06 bits per heavy atom. The van der Waals surface area contributed by atoms with Crippen molar-refractivity contribution < 1.29 is 14.6 Å². The SMILES string of the molecule is COCCN1C[C@@H](O)[C@H](Oc2ccc(Br)cc2)C1. The largest absolute Gasteiger partial charge is 0.486 e. The highest BCUT2D eigenvalue weighted by Crippen LogP contribution is 2.21. The van der Waals surface area contributed by atoms with E-state index in [1.807, 2.05) is 24.3 Å². The van der Waals surface area contributed by atoms with Gasteiger partial charge in [-0.25, -0.2) is 0 Å². The Hall–Kier alpha value is -0.620. The lowest BCUT2D eigenvalue weighted by Crippen LogP contribution is -2.30. The number of nitrogens with zero attached hydrogens (tertiary/aromatic N) is 1. The number of hydrogen-bond donors (Lipinski definition) is 1. The zero-order valence-corrected chi connectivity index (χ0v) is 12.0. The van der Waals surface area contributed by atoms with Gasteiger partial charge in [0.1, 0.15) is 18.0 Å². The second-order valence-electron chi connectivity index (χ2n) is 4.43. The monoisotopic (exact) mass is 315 g/mol. The molecule has 1 aliphatic rings. The van der Waals surface area contributed by atoms with Crippen molar-refractivity contribution in [2.24, 2.45) is 0 Å². The first-order valence-corrected chi connectivity index (χ1v) is 6.80. The van der Waals surface area contributed by atoms with Crippen molar-refractivity contribution in [2.45, 2.75) is 12.2 Å². The van der Waals surface area contributed by atoms with E-state index in [4.69, 9.17) is 9.47 Å². The second kappa shape index (κ2) is 6.52. The van der Waals surface area contributed by atoms with Crippen LogP contribution in [0.15, 0.2) is 28.7 Å². The molecular weight excluding hydrogens is 298 g/mol. The van der Waals surface area contributed by atoms with Gasteiger partial charge in [0.2, 0.25) is 0 Å². The van der Waals surface area contributed by atoms with Crippen LogP contribution in [0.3, 0.4) is 0 Å². The summed E-state index contributed by atoms with van der Waals surface area (Å²) in [5.74, 6) is 0.788. The van der Waals surface area contributed by atoms with Gasteiger partial charge in [0.15, 0.2) is 0 Å². The number of aliphatic hydroxyl groups is 1. The Morgan fingerprint density at radius 1 is 1.33 bits per heavy atom. The Kier molecular flexibility index (Phi) is 5.00. The summed E-state index contributed by atoms with van der Waals surface area (Å²) in [5.41, 5.74) is 0. The van der Waals surface area contributed by atoms with Crippen LogP contribution in [0.5, 0.6) is 5.75 Å². The molecule has 1 aromatic carbocycles. The van der Waals surface area contributed by atoms with Gasteiger partial charge < -0.3 is 14.6 Å². The Labute approximate surface area is 116 Å². The van der Waals surface area contributed by atoms with Gasteiger partial charge in [0.25, 0.3) is 0 Å². The summed E-state index contributed by atoms with van der Waals surface area (Å²) in [4.78, 5) is 2.15. The molecule has 1 aliphatic heterocycles. The van der Waals surface area contributed by atoms with E-state index >= 15 is 0 Å². The molecule has 0 aromatic heterocycles. The maximum atomic E-state index is 9.96. The molecule has 0 aliphatic carbocycles. The fraction of sp³-hybridized carbons (Fsp3) is 0.538. The summed E-state index contributed by atoms with van der Waals surface area (Å²) < 4.78 is 11.9. The molecule has 18 heavy (non-hydrogen) atoms. The van der Waals surface area contributed by atoms with E-state index in [0.717, 1.165) is 23.3 Å². The quantitative estimate of drug-likeness (QED) is 0.894. The van der Waals surface area contributed by atoms with Crippen LogP contribution >= 0.6 is 15.9 Å². The number of hydrogen-bond acceptors (Lipinski definition) is 4. The average Bonchev–Trinajstić information content (AvgIpc) is 2.70. The molecule has 1 aromatic rings. The molecule has 100 valence electrons. The van der Waals surface area contributed by atoms with Crippen LogP contribution in [0, 0.1) is 0 Å². The van der Waals surface area contributed by atoms with Crippen LogP contribution in [0.25, 0.3) is 0 Å². The molecule has 1 heterocycles. The number of methoxy groups -OCH3 is 1. The maximum absolute atomic E-state index is 9.96. The molecule has 0 amide bonds. The number of aliphatic hydroxyl groups excluding tert-OH is 1. The van der Waals surface area contributed by atoms with Gasteiger partial charge >= 0.3 is 0 Å². The average molecular weight is 316 g/mol. The predicted octanol–water partition coefficient (Wildman–Crippen LogP) is 1.52. The second-order valence-corrected chi connectivity index (χ2v) is 5.35. The topological polar surface area (TPSA) is 41.9 Å². The fourth-order valence-corrected chi connectivity index (χ4v) is 2.30.